The summed E-state index contributed by atoms with van der Waals surface area (Å²) >= 11 is 12.0. The maximum atomic E-state index is 12.6. The summed E-state index contributed by atoms with van der Waals surface area (Å²) < 4.78 is 7.35. The number of fused-ring (bicyclic) bond motifs is 1. The number of hydrogen-bond acceptors (Lipinski definition) is 3. The van der Waals surface area contributed by atoms with E-state index in [0.29, 0.717) is 27.3 Å². The minimum atomic E-state index is -0.334. The summed E-state index contributed by atoms with van der Waals surface area (Å²) in [6, 6.07) is 20.2. The minimum absolute atomic E-state index is 0.214. The van der Waals surface area contributed by atoms with E-state index in [-0.39, 0.29) is 12.5 Å². The van der Waals surface area contributed by atoms with E-state index in [2.05, 4.69) is 10.3 Å². The van der Waals surface area contributed by atoms with Crippen LogP contribution in [0.1, 0.15) is 0 Å². The quantitative estimate of drug-likeness (QED) is 0.482. The van der Waals surface area contributed by atoms with Crippen LogP contribution in [0, 0.1) is 0 Å². The number of aromatic nitrogens is 2. The van der Waals surface area contributed by atoms with Gasteiger partial charge in [0.05, 0.1) is 5.02 Å². The number of imidazole rings is 1. The van der Waals surface area contributed by atoms with Crippen LogP contribution in [-0.2, 0) is 4.79 Å². The van der Waals surface area contributed by atoms with E-state index >= 15 is 0 Å². The molecule has 2 aromatic carbocycles. The highest BCUT2D eigenvalue weighted by atomic mass is 35.5. The maximum absolute atomic E-state index is 12.6. The van der Waals surface area contributed by atoms with Gasteiger partial charge in [-0.25, -0.2) is 4.98 Å². The smallest absolute Gasteiger partial charge is 0.263 e. The first kappa shape index (κ1) is 18.3. The first-order valence-electron chi connectivity index (χ1n) is 8.52. The molecular formula is C21H15Cl2N3O2. The molecule has 4 rings (SSSR count). The summed E-state index contributed by atoms with van der Waals surface area (Å²) in [6.07, 6.45) is 1.85. The molecule has 0 fully saturated rings. The fourth-order valence-electron chi connectivity index (χ4n) is 2.81. The molecule has 0 atom stereocenters. The Bertz CT molecular complexity index is 1140. The second-order valence-corrected chi connectivity index (χ2v) is 6.86. The van der Waals surface area contributed by atoms with Crippen molar-refractivity contribution in [2.24, 2.45) is 0 Å². The molecule has 0 bridgehead atoms. The molecule has 4 aromatic rings. The van der Waals surface area contributed by atoms with Crippen molar-refractivity contribution in [1.29, 1.82) is 0 Å². The van der Waals surface area contributed by atoms with E-state index in [1.54, 1.807) is 18.2 Å². The van der Waals surface area contributed by atoms with Crippen LogP contribution < -0.4 is 10.1 Å². The fourth-order valence-corrected chi connectivity index (χ4v) is 3.15. The number of benzene rings is 2. The van der Waals surface area contributed by atoms with E-state index in [9.17, 15) is 4.79 Å². The standard InChI is InChI=1S/C21H15Cl2N3O2/c22-15-9-10-16(23)17(12-15)28-13-19(27)25-21-20(14-6-2-1-3-7-14)24-18-8-4-5-11-26(18)21/h1-12H,13H2,(H,25,27). The van der Waals surface area contributed by atoms with E-state index < -0.39 is 0 Å². The third-order valence-electron chi connectivity index (χ3n) is 4.09. The normalized spacial score (nSPS) is 10.8. The second kappa shape index (κ2) is 7.92. The Morgan fingerprint density at radius 3 is 2.64 bits per heavy atom. The van der Waals surface area contributed by atoms with Gasteiger partial charge in [-0.05, 0) is 24.3 Å². The van der Waals surface area contributed by atoms with Gasteiger partial charge in [-0.1, -0.05) is 59.6 Å². The number of pyridine rings is 1. The zero-order valence-electron chi connectivity index (χ0n) is 14.6. The van der Waals surface area contributed by atoms with Crippen LogP contribution in [0.3, 0.4) is 0 Å². The molecule has 140 valence electrons. The first-order valence-corrected chi connectivity index (χ1v) is 9.27. The summed E-state index contributed by atoms with van der Waals surface area (Å²) in [7, 11) is 0. The Labute approximate surface area is 171 Å². The SMILES string of the molecule is O=C(COc1cc(Cl)ccc1Cl)Nc1c(-c2ccccc2)nc2ccccn12. The lowest BCUT2D eigenvalue weighted by Gasteiger charge is -2.10. The lowest BCUT2D eigenvalue weighted by Crippen LogP contribution is -2.21. The van der Waals surface area contributed by atoms with Crippen molar-refractivity contribution < 1.29 is 9.53 Å². The van der Waals surface area contributed by atoms with Gasteiger partial charge >= 0.3 is 0 Å². The molecule has 5 nitrogen and oxygen atoms in total. The van der Waals surface area contributed by atoms with Crippen molar-refractivity contribution in [3.8, 4) is 17.0 Å². The lowest BCUT2D eigenvalue weighted by molar-refractivity contribution is -0.118. The molecule has 7 heteroatoms. The summed E-state index contributed by atoms with van der Waals surface area (Å²) in [5.74, 6) is 0.595. The van der Waals surface area contributed by atoms with Gasteiger partial charge < -0.3 is 10.1 Å². The maximum Gasteiger partial charge on any atom is 0.263 e. The Morgan fingerprint density at radius 2 is 1.82 bits per heavy atom. The van der Waals surface area contributed by atoms with Gasteiger partial charge in [0.15, 0.2) is 6.61 Å². The molecular weight excluding hydrogens is 397 g/mol. The molecule has 0 unspecified atom stereocenters. The molecule has 0 aliphatic heterocycles. The lowest BCUT2D eigenvalue weighted by atomic mass is 10.1. The number of nitrogens with zero attached hydrogens (tertiary/aromatic N) is 2. The van der Waals surface area contributed by atoms with Crippen molar-refractivity contribution >= 4 is 40.6 Å². The van der Waals surface area contributed by atoms with E-state index in [1.807, 2.05) is 59.1 Å². The Kier molecular flexibility index (Phi) is 5.19. The number of anilines is 1. The topological polar surface area (TPSA) is 55.6 Å². The van der Waals surface area contributed by atoms with Crippen LogP contribution in [0.2, 0.25) is 10.0 Å². The number of halogens is 2. The number of hydrogen-bond donors (Lipinski definition) is 1. The van der Waals surface area contributed by atoms with Crippen molar-refractivity contribution in [3.63, 3.8) is 0 Å². The van der Waals surface area contributed by atoms with Gasteiger partial charge in [0.2, 0.25) is 0 Å². The number of nitrogens with one attached hydrogen (secondary N) is 1. The largest absolute Gasteiger partial charge is 0.482 e. The van der Waals surface area contributed by atoms with Crippen molar-refractivity contribution in [2.45, 2.75) is 0 Å². The predicted molar refractivity (Wildman–Crippen MR) is 111 cm³/mol. The van der Waals surface area contributed by atoms with E-state index in [4.69, 9.17) is 27.9 Å². The third kappa shape index (κ3) is 3.81. The summed E-state index contributed by atoms with van der Waals surface area (Å²) in [5, 5.41) is 3.76. The van der Waals surface area contributed by atoms with Crippen LogP contribution >= 0.6 is 23.2 Å². The Morgan fingerprint density at radius 1 is 1.04 bits per heavy atom. The van der Waals surface area contributed by atoms with Crippen LogP contribution in [0.5, 0.6) is 5.75 Å². The van der Waals surface area contributed by atoms with Crippen molar-refractivity contribution in [3.05, 3.63) is 83.0 Å². The molecule has 1 amide bonds. The van der Waals surface area contributed by atoms with Gasteiger partial charge in [0, 0.05) is 22.8 Å². The number of carbonyl (C=O) groups excluding carboxylic acids is 1. The monoisotopic (exact) mass is 411 g/mol. The molecule has 0 radical (unpaired) electrons. The van der Waals surface area contributed by atoms with Crippen LogP contribution in [0.25, 0.3) is 16.9 Å². The number of rotatable bonds is 5. The predicted octanol–water partition coefficient (Wildman–Crippen LogP) is 5.33. The third-order valence-corrected chi connectivity index (χ3v) is 4.63. The molecule has 0 aliphatic carbocycles. The van der Waals surface area contributed by atoms with Gasteiger partial charge in [-0.2, -0.15) is 0 Å². The zero-order chi connectivity index (χ0) is 19.5. The minimum Gasteiger partial charge on any atom is -0.482 e. The highest BCUT2D eigenvalue weighted by Crippen LogP contribution is 2.29. The molecule has 28 heavy (non-hydrogen) atoms. The van der Waals surface area contributed by atoms with Gasteiger partial charge in [-0.15, -0.1) is 0 Å². The van der Waals surface area contributed by atoms with Gasteiger partial charge in [-0.3, -0.25) is 9.20 Å². The van der Waals surface area contributed by atoms with Gasteiger partial charge in [0.1, 0.15) is 22.9 Å². The van der Waals surface area contributed by atoms with Crippen LogP contribution in [-0.4, -0.2) is 21.9 Å². The Hall–Kier alpha value is -3.02. The highest BCUT2D eigenvalue weighted by molar-refractivity contribution is 6.34. The zero-order valence-corrected chi connectivity index (χ0v) is 16.1. The second-order valence-electron chi connectivity index (χ2n) is 6.02. The fraction of sp³-hybridized carbons (Fsp3) is 0.0476. The summed E-state index contributed by atoms with van der Waals surface area (Å²) in [5.41, 5.74) is 2.32. The Balaban J connectivity index is 1.60. The van der Waals surface area contributed by atoms with Crippen LogP contribution in [0.15, 0.2) is 72.9 Å². The van der Waals surface area contributed by atoms with Crippen molar-refractivity contribution in [1.82, 2.24) is 9.38 Å². The van der Waals surface area contributed by atoms with E-state index in [0.717, 1.165) is 11.2 Å². The molecule has 2 heterocycles. The van der Waals surface area contributed by atoms with Crippen molar-refractivity contribution in [2.75, 3.05) is 11.9 Å². The highest BCUT2D eigenvalue weighted by Gasteiger charge is 2.16. The number of ether oxygens (including phenoxy) is 1. The molecule has 2 aromatic heterocycles. The average Bonchev–Trinajstić information content (AvgIpc) is 3.08. The summed E-state index contributed by atoms with van der Waals surface area (Å²) in [6.45, 7) is -0.214. The summed E-state index contributed by atoms with van der Waals surface area (Å²) in [4.78, 5) is 17.2. The molecule has 0 aliphatic rings. The molecule has 0 saturated carbocycles. The van der Waals surface area contributed by atoms with Gasteiger partial charge in [0.25, 0.3) is 5.91 Å². The molecule has 0 spiro atoms. The van der Waals surface area contributed by atoms with Crippen LogP contribution in [0.4, 0.5) is 5.82 Å². The molecule has 0 saturated heterocycles. The average molecular weight is 412 g/mol. The molecule has 1 N–H and O–H groups in total. The number of amides is 1. The number of carbonyl (C=O) groups is 1. The van der Waals surface area contributed by atoms with E-state index in [1.165, 1.54) is 0 Å². The first-order chi connectivity index (χ1) is 13.6.